The minimum absolute atomic E-state index is 0.449. The number of hydrogen-bond acceptors (Lipinski definition) is 2. The van der Waals surface area contributed by atoms with E-state index in [1.165, 1.54) is 0 Å². The molecule has 0 amide bonds. The van der Waals surface area contributed by atoms with E-state index in [0.29, 0.717) is 6.42 Å². The van der Waals surface area contributed by atoms with Crippen LogP contribution < -0.4 is 0 Å². The average Bonchev–Trinajstić information content (AvgIpc) is 3.26. The van der Waals surface area contributed by atoms with Gasteiger partial charge in [-0.1, -0.05) is 110 Å². The van der Waals surface area contributed by atoms with Crippen molar-refractivity contribution in [1.29, 1.82) is 0 Å². The highest BCUT2D eigenvalue weighted by atomic mass is 16.3. The minimum Gasteiger partial charge on any atom is -0.380 e. The van der Waals surface area contributed by atoms with Crippen LogP contribution in [0.4, 0.5) is 0 Å². The fraction of sp³-hybridized carbons (Fsp3) is 0.200. The van der Waals surface area contributed by atoms with Crippen LogP contribution in [0.3, 0.4) is 0 Å². The first-order valence-corrected chi connectivity index (χ1v) is 11.4. The lowest BCUT2D eigenvalue weighted by atomic mass is 9.65. The van der Waals surface area contributed by atoms with Gasteiger partial charge in [0.1, 0.15) is 11.2 Å². The van der Waals surface area contributed by atoms with E-state index in [1.807, 2.05) is 72.8 Å². The van der Waals surface area contributed by atoms with Crippen molar-refractivity contribution in [3.05, 3.63) is 119 Å². The predicted molar refractivity (Wildman–Crippen MR) is 128 cm³/mol. The predicted octanol–water partition coefficient (Wildman–Crippen LogP) is 6.24. The Morgan fingerprint density at radius 2 is 0.812 bits per heavy atom. The zero-order valence-corrected chi connectivity index (χ0v) is 18.1. The first kappa shape index (κ1) is 19.5. The summed E-state index contributed by atoms with van der Waals surface area (Å²) < 4.78 is 0. The molecule has 2 N–H and O–H groups in total. The molecule has 32 heavy (non-hydrogen) atoms. The van der Waals surface area contributed by atoms with Gasteiger partial charge in [0.15, 0.2) is 0 Å². The second kappa shape index (κ2) is 6.90. The van der Waals surface area contributed by atoms with Crippen molar-refractivity contribution in [3.8, 4) is 22.3 Å². The topological polar surface area (TPSA) is 40.5 Å². The van der Waals surface area contributed by atoms with Crippen LogP contribution in [0.25, 0.3) is 22.3 Å². The molecule has 0 aromatic heterocycles. The van der Waals surface area contributed by atoms with Crippen molar-refractivity contribution >= 4 is 0 Å². The molecule has 0 bridgehead atoms. The fourth-order valence-electron chi connectivity index (χ4n) is 6.25. The molecule has 0 spiro atoms. The van der Waals surface area contributed by atoms with E-state index in [2.05, 4.69) is 31.2 Å². The highest BCUT2D eigenvalue weighted by Gasteiger charge is 2.58. The van der Waals surface area contributed by atoms with Crippen LogP contribution in [0, 0.1) is 5.92 Å². The molecule has 0 saturated carbocycles. The second-order valence-electron chi connectivity index (χ2n) is 9.06. The third-order valence-electron chi connectivity index (χ3n) is 7.52. The normalized spacial score (nSPS) is 16.4. The van der Waals surface area contributed by atoms with Gasteiger partial charge in [-0.05, 0) is 50.9 Å². The first-order chi connectivity index (χ1) is 15.6. The number of hydrogen-bond donors (Lipinski definition) is 2. The molecule has 4 aromatic carbocycles. The lowest BCUT2D eigenvalue weighted by Crippen LogP contribution is -2.48. The molecule has 0 fully saturated rings. The van der Waals surface area contributed by atoms with Crippen LogP contribution in [0.2, 0.25) is 0 Å². The van der Waals surface area contributed by atoms with Gasteiger partial charge in [0.05, 0.1) is 0 Å². The van der Waals surface area contributed by atoms with Gasteiger partial charge in [-0.25, -0.2) is 0 Å². The monoisotopic (exact) mass is 418 g/mol. The van der Waals surface area contributed by atoms with Crippen molar-refractivity contribution in [2.24, 2.45) is 5.92 Å². The minimum atomic E-state index is -1.30. The molecular weight excluding hydrogens is 392 g/mol. The van der Waals surface area contributed by atoms with Gasteiger partial charge in [0, 0.05) is 5.92 Å². The maximum Gasteiger partial charge on any atom is 0.122 e. The van der Waals surface area contributed by atoms with Crippen LogP contribution in [-0.2, 0) is 11.2 Å². The summed E-state index contributed by atoms with van der Waals surface area (Å²) in [5, 5.41) is 25.4. The van der Waals surface area contributed by atoms with E-state index in [-0.39, 0.29) is 0 Å². The maximum absolute atomic E-state index is 12.7. The summed E-state index contributed by atoms with van der Waals surface area (Å²) in [4.78, 5) is 0. The zero-order chi connectivity index (χ0) is 21.9. The Hall–Kier alpha value is -3.20. The van der Waals surface area contributed by atoms with E-state index in [9.17, 15) is 10.2 Å². The summed E-state index contributed by atoms with van der Waals surface area (Å²) in [7, 11) is 0. The highest BCUT2D eigenvalue weighted by molar-refractivity contribution is 5.83. The highest BCUT2D eigenvalue weighted by Crippen LogP contribution is 2.61. The smallest absolute Gasteiger partial charge is 0.122 e. The fourth-order valence-corrected chi connectivity index (χ4v) is 6.25. The van der Waals surface area contributed by atoms with Crippen molar-refractivity contribution in [2.45, 2.75) is 31.0 Å². The molecule has 2 aliphatic carbocycles. The van der Waals surface area contributed by atoms with Crippen molar-refractivity contribution < 1.29 is 10.2 Å². The molecule has 158 valence electrons. The lowest BCUT2D eigenvalue weighted by Gasteiger charge is -2.44. The Balaban J connectivity index is 1.68. The van der Waals surface area contributed by atoms with Crippen molar-refractivity contribution in [3.63, 3.8) is 0 Å². The summed E-state index contributed by atoms with van der Waals surface area (Å²) in [5.74, 6) is -0.449. The lowest BCUT2D eigenvalue weighted by molar-refractivity contribution is -0.0939. The summed E-state index contributed by atoms with van der Waals surface area (Å²) >= 11 is 0. The zero-order valence-electron chi connectivity index (χ0n) is 18.1. The van der Waals surface area contributed by atoms with Gasteiger partial charge in [-0.2, -0.15) is 0 Å². The number of benzene rings is 4. The Morgan fingerprint density at radius 3 is 1.09 bits per heavy atom. The largest absolute Gasteiger partial charge is 0.380 e. The Labute approximate surface area is 188 Å². The molecule has 2 nitrogen and oxygen atoms in total. The molecular formula is C30H26O2. The van der Waals surface area contributed by atoms with Crippen molar-refractivity contribution in [2.75, 3.05) is 0 Å². The third kappa shape index (κ3) is 2.31. The van der Waals surface area contributed by atoms with Gasteiger partial charge >= 0.3 is 0 Å². The summed E-state index contributed by atoms with van der Waals surface area (Å²) in [6, 6.07) is 32.4. The van der Waals surface area contributed by atoms with Crippen LogP contribution in [-0.4, -0.2) is 10.2 Å². The van der Waals surface area contributed by atoms with Gasteiger partial charge in [0.25, 0.3) is 0 Å². The van der Waals surface area contributed by atoms with Crippen molar-refractivity contribution in [1.82, 2.24) is 0 Å². The molecule has 2 aliphatic rings. The molecule has 0 atom stereocenters. The summed E-state index contributed by atoms with van der Waals surface area (Å²) in [5.41, 5.74) is 5.13. The number of fused-ring (bicyclic) bond motifs is 6. The Morgan fingerprint density at radius 1 is 0.531 bits per heavy atom. The van der Waals surface area contributed by atoms with Gasteiger partial charge in [0.2, 0.25) is 0 Å². The van der Waals surface area contributed by atoms with Crippen LogP contribution in [0.5, 0.6) is 0 Å². The second-order valence-corrected chi connectivity index (χ2v) is 9.06. The number of rotatable bonds is 4. The third-order valence-corrected chi connectivity index (χ3v) is 7.52. The van der Waals surface area contributed by atoms with Crippen LogP contribution in [0.1, 0.15) is 42.0 Å². The van der Waals surface area contributed by atoms with E-state index in [4.69, 9.17) is 0 Å². The average molecular weight is 419 g/mol. The number of aliphatic hydroxyl groups is 2. The molecule has 0 heterocycles. The van der Waals surface area contributed by atoms with E-state index in [0.717, 1.165) is 50.9 Å². The Kier molecular flexibility index (Phi) is 4.20. The van der Waals surface area contributed by atoms with E-state index < -0.39 is 17.1 Å². The van der Waals surface area contributed by atoms with Crippen LogP contribution >= 0.6 is 0 Å². The Bertz CT molecular complexity index is 1140. The van der Waals surface area contributed by atoms with Gasteiger partial charge in [-0.15, -0.1) is 0 Å². The SMILES string of the molecule is CCCC(C1(O)c2ccccc2-c2ccccc21)C1(O)c2ccccc2-c2ccccc21. The molecule has 0 unspecified atom stereocenters. The maximum atomic E-state index is 12.7. The van der Waals surface area contributed by atoms with Gasteiger partial charge < -0.3 is 10.2 Å². The molecule has 6 rings (SSSR count). The quantitative estimate of drug-likeness (QED) is 0.412. The molecule has 0 saturated heterocycles. The van der Waals surface area contributed by atoms with E-state index in [1.54, 1.807) is 0 Å². The van der Waals surface area contributed by atoms with Crippen LogP contribution in [0.15, 0.2) is 97.1 Å². The standard InChI is InChI=1S/C30H26O2/c1-2-11-28(29(31)24-16-7-3-12-20(24)21-13-4-8-17-25(21)29)30(32)26-18-9-5-14-22(26)23-15-6-10-19-27(23)30/h3-10,12-19,28,31-32H,2,11H2,1H3. The molecule has 0 aliphatic heterocycles. The molecule has 2 heteroatoms. The van der Waals surface area contributed by atoms with Gasteiger partial charge in [-0.3, -0.25) is 0 Å². The van der Waals surface area contributed by atoms with E-state index >= 15 is 0 Å². The molecule has 0 radical (unpaired) electrons. The summed E-state index contributed by atoms with van der Waals surface area (Å²) in [6.07, 6.45) is 1.53. The summed E-state index contributed by atoms with van der Waals surface area (Å²) in [6.45, 7) is 2.12. The first-order valence-electron chi connectivity index (χ1n) is 11.4. The molecule has 4 aromatic rings.